The zero-order valence-corrected chi connectivity index (χ0v) is 11.1. The largest absolute Gasteiger partial charge is 0.373 e. The van der Waals surface area contributed by atoms with Gasteiger partial charge in [-0.15, -0.1) is 0 Å². The molecule has 2 heterocycles. The number of hydrogen-bond donors (Lipinski definition) is 1. The predicted octanol–water partition coefficient (Wildman–Crippen LogP) is 2.47. The molecule has 0 bridgehead atoms. The van der Waals surface area contributed by atoms with E-state index in [-0.39, 0.29) is 11.7 Å². The zero-order chi connectivity index (χ0) is 14.1. The van der Waals surface area contributed by atoms with Gasteiger partial charge < -0.3 is 10.2 Å². The average Bonchev–Trinajstić information content (AvgIpc) is 2.89. The molecule has 0 radical (unpaired) electrons. The first-order valence-corrected chi connectivity index (χ1v) is 6.43. The minimum absolute atomic E-state index is 0.149. The van der Waals surface area contributed by atoms with Gasteiger partial charge in [0.1, 0.15) is 11.6 Å². The number of aromatic nitrogens is 1. The number of fused-ring (bicyclic) bond motifs is 1. The standard InChI is InChI=1S/C15H14FN3O/c1-17-14-5-3-11(9-18-14)15(20)19-7-6-10-2-4-12(16)8-13(10)19/h2-5,8-9H,6-7H2,1H3,(H,17,18). The van der Waals surface area contributed by atoms with Crippen molar-refractivity contribution in [3.8, 4) is 0 Å². The van der Waals surface area contributed by atoms with E-state index in [1.165, 1.54) is 18.3 Å². The van der Waals surface area contributed by atoms with E-state index in [2.05, 4.69) is 10.3 Å². The lowest BCUT2D eigenvalue weighted by atomic mass is 10.1. The van der Waals surface area contributed by atoms with E-state index < -0.39 is 0 Å². The van der Waals surface area contributed by atoms with Gasteiger partial charge in [-0.3, -0.25) is 4.79 Å². The Hall–Kier alpha value is -2.43. The molecular formula is C15H14FN3O. The Balaban J connectivity index is 1.91. The molecule has 1 aromatic heterocycles. The van der Waals surface area contributed by atoms with Crippen molar-refractivity contribution in [1.29, 1.82) is 0 Å². The summed E-state index contributed by atoms with van der Waals surface area (Å²) in [4.78, 5) is 18.2. The number of rotatable bonds is 2. The van der Waals surface area contributed by atoms with E-state index in [1.54, 1.807) is 30.1 Å². The maximum absolute atomic E-state index is 13.3. The van der Waals surface area contributed by atoms with Gasteiger partial charge in [0.25, 0.3) is 5.91 Å². The molecule has 0 saturated carbocycles. The molecular weight excluding hydrogens is 257 g/mol. The molecule has 4 nitrogen and oxygen atoms in total. The Morgan fingerprint density at radius 3 is 2.90 bits per heavy atom. The highest BCUT2D eigenvalue weighted by molar-refractivity contribution is 6.07. The Bertz CT molecular complexity index is 655. The van der Waals surface area contributed by atoms with Gasteiger partial charge in [0, 0.05) is 19.8 Å². The van der Waals surface area contributed by atoms with Gasteiger partial charge in [-0.2, -0.15) is 0 Å². The van der Waals surface area contributed by atoms with E-state index in [0.717, 1.165) is 12.0 Å². The first-order valence-electron chi connectivity index (χ1n) is 6.43. The van der Waals surface area contributed by atoms with Crippen LogP contribution in [0.2, 0.25) is 0 Å². The Labute approximate surface area is 116 Å². The summed E-state index contributed by atoms with van der Waals surface area (Å²) in [5.74, 6) is 0.228. The molecule has 0 fully saturated rings. The maximum Gasteiger partial charge on any atom is 0.259 e. The quantitative estimate of drug-likeness (QED) is 0.912. The average molecular weight is 271 g/mol. The van der Waals surface area contributed by atoms with Crippen LogP contribution in [0.1, 0.15) is 15.9 Å². The molecule has 0 spiro atoms. The topological polar surface area (TPSA) is 45.2 Å². The lowest BCUT2D eigenvalue weighted by Crippen LogP contribution is -2.29. The van der Waals surface area contributed by atoms with Crippen LogP contribution < -0.4 is 10.2 Å². The lowest BCUT2D eigenvalue weighted by Gasteiger charge is -2.17. The van der Waals surface area contributed by atoms with E-state index in [0.29, 0.717) is 23.6 Å². The van der Waals surface area contributed by atoms with Gasteiger partial charge in [0.05, 0.1) is 11.3 Å². The Morgan fingerprint density at radius 2 is 2.20 bits per heavy atom. The molecule has 3 rings (SSSR count). The van der Waals surface area contributed by atoms with Crippen molar-refractivity contribution in [1.82, 2.24) is 4.98 Å². The predicted molar refractivity (Wildman–Crippen MR) is 75.6 cm³/mol. The molecule has 2 aromatic rings. The number of benzene rings is 1. The summed E-state index contributed by atoms with van der Waals surface area (Å²) >= 11 is 0. The van der Waals surface area contributed by atoms with Crippen molar-refractivity contribution in [2.45, 2.75) is 6.42 Å². The van der Waals surface area contributed by atoms with Gasteiger partial charge in [0.15, 0.2) is 0 Å². The maximum atomic E-state index is 13.3. The number of carbonyl (C=O) groups is 1. The van der Waals surface area contributed by atoms with Crippen molar-refractivity contribution in [2.75, 3.05) is 23.8 Å². The summed E-state index contributed by atoms with van der Waals surface area (Å²) in [5.41, 5.74) is 2.16. The minimum Gasteiger partial charge on any atom is -0.373 e. The third kappa shape index (κ3) is 2.11. The molecule has 0 aliphatic carbocycles. The van der Waals surface area contributed by atoms with E-state index >= 15 is 0 Å². The number of halogens is 1. The molecule has 1 N–H and O–H groups in total. The van der Waals surface area contributed by atoms with Gasteiger partial charge in [0.2, 0.25) is 0 Å². The monoisotopic (exact) mass is 271 g/mol. The van der Waals surface area contributed by atoms with E-state index in [9.17, 15) is 9.18 Å². The molecule has 0 unspecified atom stereocenters. The van der Waals surface area contributed by atoms with Gasteiger partial charge in [-0.1, -0.05) is 6.07 Å². The fraction of sp³-hybridized carbons (Fsp3) is 0.200. The Morgan fingerprint density at radius 1 is 1.35 bits per heavy atom. The first-order chi connectivity index (χ1) is 9.69. The molecule has 20 heavy (non-hydrogen) atoms. The van der Waals surface area contributed by atoms with Gasteiger partial charge in [-0.25, -0.2) is 9.37 Å². The molecule has 0 saturated heterocycles. The SMILES string of the molecule is CNc1ccc(C(=O)N2CCc3ccc(F)cc32)cn1. The molecule has 1 aromatic carbocycles. The van der Waals surface area contributed by atoms with E-state index in [4.69, 9.17) is 0 Å². The first kappa shape index (κ1) is 12.6. The van der Waals surface area contributed by atoms with Gasteiger partial charge >= 0.3 is 0 Å². The number of carbonyl (C=O) groups excluding carboxylic acids is 1. The normalized spacial score (nSPS) is 13.2. The number of pyridine rings is 1. The molecule has 1 aliphatic rings. The van der Waals surface area contributed by atoms with Gasteiger partial charge in [-0.05, 0) is 36.2 Å². The van der Waals surface area contributed by atoms with Crippen LogP contribution in [0.25, 0.3) is 0 Å². The summed E-state index contributed by atoms with van der Waals surface area (Å²) < 4.78 is 13.3. The molecule has 102 valence electrons. The van der Waals surface area contributed by atoms with Crippen molar-refractivity contribution in [2.24, 2.45) is 0 Å². The summed E-state index contributed by atoms with van der Waals surface area (Å²) in [6.07, 6.45) is 2.29. The molecule has 0 atom stereocenters. The second-order valence-corrected chi connectivity index (χ2v) is 4.66. The summed E-state index contributed by atoms with van der Waals surface area (Å²) in [7, 11) is 1.77. The molecule has 1 aliphatic heterocycles. The van der Waals surface area contributed by atoms with Crippen LogP contribution in [0, 0.1) is 5.82 Å². The van der Waals surface area contributed by atoms with Crippen LogP contribution >= 0.6 is 0 Å². The van der Waals surface area contributed by atoms with Crippen LogP contribution in [0.4, 0.5) is 15.9 Å². The highest BCUT2D eigenvalue weighted by Crippen LogP contribution is 2.29. The third-order valence-electron chi connectivity index (χ3n) is 3.45. The van der Waals surface area contributed by atoms with Crippen molar-refractivity contribution < 1.29 is 9.18 Å². The van der Waals surface area contributed by atoms with Crippen LogP contribution in [0.15, 0.2) is 36.5 Å². The second-order valence-electron chi connectivity index (χ2n) is 4.66. The number of nitrogens with one attached hydrogen (secondary N) is 1. The van der Waals surface area contributed by atoms with Crippen molar-refractivity contribution >= 4 is 17.4 Å². The Kier molecular flexibility index (Phi) is 3.10. The number of anilines is 2. The highest BCUT2D eigenvalue weighted by atomic mass is 19.1. The van der Waals surface area contributed by atoms with Crippen LogP contribution in [-0.2, 0) is 6.42 Å². The van der Waals surface area contributed by atoms with Crippen LogP contribution in [-0.4, -0.2) is 24.5 Å². The zero-order valence-electron chi connectivity index (χ0n) is 11.1. The van der Waals surface area contributed by atoms with Crippen LogP contribution in [0.5, 0.6) is 0 Å². The number of amides is 1. The van der Waals surface area contributed by atoms with Crippen molar-refractivity contribution in [3.63, 3.8) is 0 Å². The fourth-order valence-electron chi connectivity index (χ4n) is 2.39. The summed E-state index contributed by atoms with van der Waals surface area (Å²) in [6, 6.07) is 8.04. The molecule has 5 heteroatoms. The minimum atomic E-state index is -0.327. The van der Waals surface area contributed by atoms with E-state index in [1.807, 2.05) is 0 Å². The summed E-state index contributed by atoms with van der Waals surface area (Å²) in [5, 5.41) is 2.90. The second kappa shape index (κ2) is 4.92. The summed E-state index contributed by atoms with van der Waals surface area (Å²) in [6.45, 7) is 0.575. The lowest BCUT2D eigenvalue weighted by molar-refractivity contribution is 0.0989. The third-order valence-corrected chi connectivity index (χ3v) is 3.45. The highest BCUT2D eigenvalue weighted by Gasteiger charge is 2.26. The van der Waals surface area contributed by atoms with Crippen molar-refractivity contribution in [3.05, 3.63) is 53.5 Å². The van der Waals surface area contributed by atoms with Crippen LogP contribution in [0.3, 0.4) is 0 Å². The number of hydrogen-bond acceptors (Lipinski definition) is 3. The smallest absolute Gasteiger partial charge is 0.259 e. The number of nitrogens with zero attached hydrogens (tertiary/aromatic N) is 2. The molecule has 1 amide bonds. The fourth-order valence-corrected chi connectivity index (χ4v) is 2.39.